The number of carbonyl (C=O) groups is 2. The highest BCUT2D eigenvalue weighted by Crippen LogP contribution is 2.54. The summed E-state index contributed by atoms with van der Waals surface area (Å²) in [7, 11) is 0. The van der Waals surface area contributed by atoms with E-state index < -0.39 is 5.91 Å². The Morgan fingerprint density at radius 1 is 1.18 bits per heavy atom. The molecule has 2 heterocycles. The van der Waals surface area contributed by atoms with E-state index in [4.69, 9.17) is 5.73 Å². The lowest BCUT2D eigenvalue weighted by Gasteiger charge is -2.22. The Balaban J connectivity index is 1.18. The van der Waals surface area contributed by atoms with E-state index >= 15 is 0 Å². The fourth-order valence-electron chi connectivity index (χ4n) is 4.19. The lowest BCUT2D eigenvalue weighted by Crippen LogP contribution is -2.26. The van der Waals surface area contributed by atoms with E-state index in [-0.39, 0.29) is 5.91 Å². The van der Waals surface area contributed by atoms with Gasteiger partial charge >= 0.3 is 0 Å². The third-order valence-corrected chi connectivity index (χ3v) is 5.78. The molecule has 6 nitrogen and oxygen atoms in total. The highest BCUT2D eigenvalue weighted by Gasteiger charge is 2.54. The molecule has 1 saturated carbocycles. The van der Waals surface area contributed by atoms with E-state index in [1.165, 1.54) is 0 Å². The van der Waals surface area contributed by atoms with Crippen LogP contribution in [0.4, 0.5) is 5.69 Å². The van der Waals surface area contributed by atoms with Gasteiger partial charge in [-0.2, -0.15) is 0 Å². The number of nitrogens with zero attached hydrogens (tertiary/aromatic N) is 2. The van der Waals surface area contributed by atoms with Gasteiger partial charge in [0.1, 0.15) is 0 Å². The normalized spacial score (nSPS) is 22.9. The average molecular weight is 376 g/mol. The van der Waals surface area contributed by atoms with Crippen LogP contribution in [0.25, 0.3) is 6.08 Å². The van der Waals surface area contributed by atoms with Gasteiger partial charge in [-0.15, -0.1) is 0 Å². The number of primary amides is 1. The summed E-state index contributed by atoms with van der Waals surface area (Å²) in [5.41, 5.74) is 7.89. The Bertz CT molecular complexity index is 867. The van der Waals surface area contributed by atoms with Gasteiger partial charge in [-0.05, 0) is 66.1 Å². The molecule has 28 heavy (non-hydrogen) atoms. The first-order chi connectivity index (χ1) is 13.6. The Morgan fingerprint density at radius 2 is 1.93 bits per heavy atom. The van der Waals surface area contributed by atoms with Crippen LogP contribution < -0.4 is 16.0 Å². The van der Waals surface area contributed by atoms with E-state index in [2.05, 4.69) is 15.2 Å². The lowest BCUT2D eigenvalue weighted by atomic mass is 10.1. The van der Waals surface area contributed by atoms with Crippen LogP contribution in [0.15, 0.2) is 54.9 Å². The molecule has 2 amide bonds. The Hall–Kier alpha value is -3.15. The topological polar surface area (TPSA) is 88.3 Å². The molecule has 3 atom stereocenters. The molecule has 4 rings (SSSR count). The van der Waals surface area contributed by atoms with Gasteiger partial charge in [-0.1, -0.05) is 6.07 Å². The number of amides is 2. The van der Waals surface area contributed by atoms with E-state index in [0.29, 0.717) is 29.9 Å². The second-order valence-corrected chi connectivity index (χ2v) is 7.51. The quantitative estimate of drug-likeness (QED) is 0.724. The Kier molecular flexibility index (Phi) is 5.10. The molecule has 2 aliphatic rings. The maximum atomic E-state index is 11.9. The number of nitrogens with two attached hydrogens (primary N) is 1. The predicted molar refractivity (Wildman–Crippen MR) is 109 cm³/mol. The number of anilines is 1. The first-order valence-electron chi connectivity index (χ1n) is 9.62. The van der Waals surface area contributed by atoms with Gasteiger partial charge < -0.3 is 16.0 Å². The number of hydrogen-bond donors (Lipinski definition) is 2. The number of nitrogens with one attached hydrogen (secondary N) is 1. The van der Waals surface area contributed by atoms with E-state index in [0.717, 1.165) is 30.8 Å². The monoisotopic (exact) mass is 376 g/mol. The van der Waals surface area contributed by atoms with Crippen molar-refractivity contribution in [3.05, 3.63) is 66.0 Å². The minimum atomic E-state index is -0.395. The van der Waals surface area contributed by atoms with Crippen molar-refractivity contribution in [3.8, 4) is 0 Å². The number of benzene rings is 1. The van der Waals surface area contributed by atoms with Gasteiger partial charge in [0.15, 0.2) is 0 Å². The summed E-state index contributed by atoms with van der Waals surface area (Å²) in [6, 6.07) is 11.3. The zero-order valence-corrected chi connectivity index (χ0v) is 15.6. The fraction of sp³-hybridized carbons (Fsp3) is 0.318. The van der Waals surface area contributed by atoms with Gasteiger partial charge in [0.05, 0.1) is 0 Å². The first kappa shape index (κ1) is 18.2. The Labute approximate surface area is 164 Å². The van der Waals surface area contributed by atoms with Crippen molar-refractivity contribution >= 4 is 23.6 Å². The number of fused-ring (bicyclic) bond motifs is 1. The number of hydrogen-bond acceptors (Lipinski definition) is 4. The largest absolute Gasteiger partial charge is 0.371 e. The number of pyridine rings is 1. The molecule has 144 valence electrons. The molecule has 0 radical (unpaired) electrons. The summed E-state index contributed by atoms with van der Waals surface area (Å²) in [6.45, 7) is 2.79. The first-order valence-corrected chi connectivity index (χ1v) is 9.62. The summed E-state index contributed by atoms with van der Waals surface area (Å²) < 4.78 is 0. The highest BCUT2D eigenvalue weighted by atomic mass is 16.1. The second kappa shape index (κ2) is 7.84. The molecule has 0 spiro atoms. The van der Waals surface area contributed by atoms with E-state index in [9.17, 15) is 9.59 Å². The third-order valence-electron chi connectivity index (χ3n) is 5.78. The molecule has 1 aliphatic carbocycles. The molecule has 3 N–H and O–H groups in total. The number of carbonyl (C=O) groups excluding carboxylic acids is 2. The zero-order valence-electron chi connectivity index (χ0n) is 15.6. The van der Waals surface area contributed by atoms with Crippen molar-refractivity contribution < 1.29 is 9.59 Å². The zero-order chi connectivity index (χ0) is 19.5. The van der Waals surface area contributed by atoms with Crippen LogP contribution >= 0.6 is 0 Å². The molecular weight excluding hydrogens is 352 g/mol. The van der Waals surface area contributed by atoms with Gasteiger partial charge in [0.2, 0.25) is 11.8 Å². The summed E-state index contributed by atoms with van der Waals surface area (Å²) >= 11 is 0. The number of rotatable bonds is 7. The van der Waals surface area contributed by atoms with Crippen LogP contribution in [-0.4, -0.2) is 36.4 Å². The van der Waals surface area contributed by atoms with Crippen LogP contribution in [0.2, 0.25) is 0 Å². The van der Waals surface area contributed by atoms with E-state index in [1.807, 2.05) is 24.3 Å². The van der Waals surface area contributed by atoms with Crippen molar-refractivity contribution in [2.24, 2.45) is 23.5 Å². The molecule has 1 aromatic carbocycles. The molecule has 2 fully saturated rings. The van der Waals surface area contributed by atoms with Gasteiger partial charge in [-0.25, -0.2) is 0 Å². The van der Waals surface area contributed by atoms with Crippen molar-refractivity contribution in [2.75, 3.05) is 24.5 Å². The maximum absolute atomic E-state index is 11.9. The molecular formula is C22H24N4O2. The molecule has 1 unspecified atom stereocenters. The van der Waals surface area contributed by atoms with Crippen molar-refractivity contribution in [2.45, 2.75) is 6.42 Å². The predicted octanol–water partition coefficient (Wildman–Crippen LogP) is 2.08. The highest BCUT2D eigenvalue weighted by molar-refractivity contribution is 5.93. The fourth-order valence-corrected chi connectivity index (χ4v) is 4.19. The summed E-state index contributed by atoms with van der Waals surface area (Å²) in [6.07, 6.45) is 7.79. The van der Waals surface area contributed by atoms with Crippen LogP contribution in [0.5, 0.6) is 0 Å². The summed E-state index contributed by atoms with van der Waals surface area (Å²) in [5.74, 6) is 1.65. The van der Waals surface area contributed by atoms with Gasteiger partial charge in [0.25, 0.3) is 0 Å². The lowest BCUT2D eigenvalue weighted by molar-refractivity contribution is -0.116. The van der Waals surface area contributed by atoms with E-state index in [1.54, 1.807) is 36.7 Å². The molecule has 6 heteroatoms. The minimum Gasteiger partial charge on any atom is -0.371 e. The average Bonchev–Trinajstić information content (AvgIpc) is 3.16. The number of piperidine rings is 1. The van der Waals surface area contributed by atoms with Crippen LogP contribution in [0, 0.1) is 17.8 Å². The van der Waals surface area contributed by atoms with Crippen molar-refractivity contribution in [1.82, 2.24) is 10.3 Å². The molecule has 1 aromatic heterocycles. The molecule has 2 aromatic rings. The van der Waals surface area contributed by atoms with Crippen molar-refractivity contribution in [3.63, 3.8) is 0 Å². The molecule has 1 aliphatic heterocycles. The summed E-state index contributed by atoms with van der Waals surface area (Å²) in [4.78, 5) is 29.5. The Morgan fingerprint density at radius 3 is 2.57 bits per heavy atom. The second-order valence-electron chi connectivity index (χ2n) is 7.51. The number of aromatic nitrogens is 1. The summed E-state index contributed by atoms with van der Waals surface area (Å²) in [5, 5.41) is 2.97. The standard InChI is InChI=1S/C22H24N4O2/c23-22(28)16-4-6-17(7-5-16)26-13-19-18(20(19)14-26)9-11-25-21(27)8-3-15-2-1-10-24-12-15/h1-8,10,12,18-20H,9,11,13-14H2,(H2,23,28)(H,25,27)/b8-3+/t18?,19-,20+. The van der Waals surface area contributed by atoms with Gasteiger partial charge in [-0.3, -0.25) is 14.6 Å². The molecule has 1 saturated heterocycles. The maximum Gasteiger partial charge on any atom is 0.248 e. The van der Waals surface area contributed by atoms with Gasteiger partial charge in [0, 0.05) is 49.4 Å². The van der Waals surface area contributed by atoms with Crippen LogP contribution in [0.1, 0.15) is 22.3 Å². The molecule has 0 bridgehead atoms. The third kappa shape index (κ3) is 4.06. The minimum absolute atomic E-state index is 0.0640. The van der Waals surface area contributed by atoms with Crippen molar-refractivity contribution in [1.29, 1.82) is 0 Å². The van der Waals surface area contributed by atoms with Crippen LogP contribution in [-0.2, 0) is 4.79 Å². The van der Waals surface area contributed by atoms with Crippen LogP contribution in [0.3, 0.4) is 0 Å². The smallest absolute Gasteiger partial charge is 0.248 e. The SMILES string of the molecule is NC(=O)c1ccc(N2C[C@@H]3C(CCNC(=O)/C=C/c4cccnc4)[C@@H]3C2)cc1.